The molecular formula is C28H24N4O3S. The molecule has 2 aromatic heterocycles. The SMILES string of the molecule is CC[C@@]1(C)C(=O)Nc2cc(C#Cc3nccc4cnc(Nc5ccc(S(C)(=O)=O)cc5)cc34)ccc21. The predicted octanol–water partition coefficient (Wildman–Crippen LogP) is 4.80. The molecule has 1 atom stereocenters. The molecular weight excluding hydrogens is 472 g/mol. The average molecular weight is 497 g/mol. The van der Waals surface area contributed by atoms with Crippen molar-refractivity contribution in [2.24, 2.45) is 0 Å². The zero-order valence-corrected chi connectivity index (χ0v) is 20.9. The molecule has 4 aromatic rings. The second kappa shape index (κ2) is 8.77. The van der Waals surface area contributed by atoms with E-state index in [0.29, 0.717) is 17.2 Å². The Balaban J connectivity index is 1.44. The van der Waals surface area contributed by atoms with Gasteiger partial charge < -0.3 is 10.6 Å². The quantitative estimate of drug-likeness (QED) is 0.394. The Bertz CT molecular complexity index is 1690. The minimum atomic E-state index is -3.26. The molecule has 0 saturated carbocycles. The molecule has 1 amide bonds. The van der Waals surface area contributed by atoms with Crippen molar-refractivity contribution in [2.75, 3.05) is 16.9 Å². The van der Waals surface area contributed by atoms with Gasteiger partial charge in [-0.15, -0.1) is 0 Å². The van der Waals surface area contributed by atoms with Crippen molar-refractivity contribution < 1.29 is 13.2 Å². The van der Waals surface area contributed by atoms with Crippen molar-refractivity contribution in [1.82, 2.24) is 9.97 Å². The van der Waals surface area contributed by atoms with Gasteiger partial charge in [0.25, 0.3) is 0 Å². The fourth-order valence-electron chi connectivity index (χ4n) is 4.24. The number of anilines is 3. The predicted molar refractivity (Wildman–Crippen MR) is 141 cm³/mol. The molecule has 0 bridgehead atoms. The van der Waals surface area contributed by atoms with Gasteiger partial charge in [0, 0.05) is 46.4 Å². The number of amides is 1. The molecule has 1 aliphatic heterocycles. The summed E-state index contributed by atoms with van der Waals surface area (Å²) in [6, 6.07) is 16.0. The molecule has 0 fully saturated rings. The van der Waals surface area contributed by atoms with Crippen molar-refractivity contribution in [1.29, 1.82) is 0 Å². The Morgan fingerprint density at radius 1 is 1.03 bits per heavy atom. The van der Waals surface area contributed by atoms with E-state index in [9.17, 15) is 13.2 Å². The van der Waals surface area contributed by atoms with Crippen molar-refractivity contribution in [3.63, 3.8) is 0 Å². The number of rotatable bonds is 4. The van der Waals surface area contributed by atoms with Crippen LogP contribution >= 0.6 is 0 Å². The molecule has 7 nitrogen and oxygen atoms in total. The Morgan fingerprint density at radius 3 is 2.53 bits per heavy atom. The molecule has 2 N–H and O–H groups in total. The lowest BCUT2D eigenvalue weighted by Gasteiger charge is -2.19. The summed E-state index contributed by atoms with van der Waals surface area (Å²) in [7, 11) is -3.26. The van der Waals surface area contributed by atoms with Crippen molar-refractivity contribution in [2.45, 2.75) is 30.6 Å². The molecule has 0 aliphatic carbocycles. The number of nitrogens with zero attached hydrogens (tertiary/aromatic N) is 2. The van der Waals surface area contributed by atoms with Gasteiger partial charge in [0.2, 0.25) is 5.91 Å². The molecule has 0 saturated heterocycles. The Hall–Kier alpha value is -4.22. The van der Waals surface area contributed by atoms with Gasteiger partial charge in [-0.1, -0.05) is 18.9 Å². The summed E-state index contributed by atoms with van der Waals surface area (Å²) in [6.45, 7) is 3.97. The largest absolute Gasteiger partial charge is 0.340 e. The summed E-state index contributed by atoms with van der Waals surface area (Å²) in [5.41, 5.74) is 3.39. The molecule has 2 aromatic carbocycles. The van der Waals surface area contributed by atoms with Gasteiger partial charge in [0.1, 0.15) is 11.5 Å². The minimum Gasteiger partial charge on any atom is -0.340 e. The van der Waals surface area contributed by atoms with Gasteiger partial charge in [-0.2, -0.15) is 0 Å². The number of hydrogen-bond donors (Lipinski definition) is 2. The molecule has 0 unspecified atom stereocenters. The van der Waals surface area contributed by atoms with Crippen LogP contribution in [0.5, 0.6) is 0 Å². The zero-order chi connectivity index (χ0) is 25.5. The fourth-order valence-corrected chi connectivity index (χ4v) is 4.87. The fraction of sp³-hybridized carbons (Fsp3) is 0.179. The van der Waals surface area contributed by atoms with Crippen molar-refractivity contribution in [3.8, 4) is 11.8 Å². The second-order valence-corrected chi connectivity index (χ2v) is 11.0. The van der Waals surface area contributed by atoms with Crippen LogP contribution in [0.25, 0.3) is 10.8 Å². The second-order valence-electron chi connectivity index (χ2n) is 9.02. The number of pyridine rings is 2. The summed E-state index contributed by atoms with van der Waals surface area (Å²) in [4.78, 5) is 21.6. The zero-order valence-electron chi connectivity index (χ0n) is 20.1. The van der Waals surface area contributed by atoms with E-state index in [1.54, 1.807) is 36.7 Å². The smallest absolute Gasteiger partial charge is 0.234 e. The van der Waals surface area contributed by atoms with E-state index >= 15 is 0 Å². The normalized spacial score (nSPS) is 16.7. The Morgan fingerprint density at radius 2 is 1.81 bits per heavy atom. The van der Waals surface area contributed by atoms with Crippen LogP contribution in [-0.2, 0) is 20.0 Å². The van der Waals surface area contributed by atoms with E-state index in [0.717, 1.165) is 34.0 Å². The molecule has 5 rings (SSSR count). The monoisotopic (exact) mass is 496 g/mol. The summed E-state index contributed by atoms with van der Waals surface area (Å²) >= 11 is 0. The van der Waals surface area contributed by atoms with Crippen LogP contribution in [0.15, 0.2) is 71.9 Å². The summed E-state index contributed by atoms with van der Waals surface area (Å²) in [5, 5.41) is 7.91. The summed E-state index contributed by atoms with van der Waals surface area (Å²) < 4.78 is 23.4. The molecule has 1 aliphatic rings. The first-order valence-corrected chi connectivity index (χ1v) is 13.4. The van der Waals surface area contributed by atoms with Crippen molar-refractivity contribution in [3.05, 3.63) is 83.8 Å². The van der Waals surface area contributed by atoms with Crippen LogP contribution in [0.1, 0.15) is 37.1 Å². The van der Waals surface area contributed by atoms with Crippen LogP contribution in [0.3, 0.4) is 0 Å². The van der Waals surface area contributed by atoms with Crippen LogP contribution in [-0.4, -0.2) is 30.5 Å². The maximum atomic E-state index is 12.4. The van der Waals surface area contributed by atoms with E-state index in [2.05, 4.69) is 32.4 Å². The van der Waals surface area contributed by atoms with E-state index in [1.807, 2.05) is 44.2 Å². The van der Waals surface area contributed by atoms with Crippen LogP contribution in [0.4, 0.5) is 17.2 Å². The molecule has 0 radical (unpaired) electrons. The van der Waals surface area contributed by atoms with Gasteiger partial charge >= 0.3 is 0 Å². The van der Waals surface area contributed by atoms with Gasteiger partial charge in [0.15, 0.2) is 9.84 Å². The number of aromatic nitrogens is 2. The number of benzene rings is 2. The first-order valence-electron chi connectivity index (χ1n) is 11.5. The number of nitrogens with one attached hydrogen (secondary N) is 2. The van der Waals surface area contributed by atoms with Crippen LogP contribution < -0.4 is 10.6 Å². The van der Waals surface area contributed by atoms with Crippen LogP contribution in [0, 0.1) is 11.8 Å². The lowest BCUT2D eigenvalue weighted by Crippen LogP contribution is -2.29. The molecule has 0 spiro atoms. The number of fused-ring (bicyclic) bond motifs is 2. The van der Waals surface area contributed by atoms with Crippen molar-refractivity contribution >= 4 is 43.7 Å². The highest BCUT2D eigenvalue weighted by Crippen LogP contribution is 2.40. The van der Waals surface area contributed by atoms with E-state index in [4.69, 9.17) is 0 Å². The first kappa shape index (κ1) is 23.5. The van der Waals surface area contributed by atoms with E-state index < -0.39 is 15.3 Å². The van der Waals surface area contributed by atoms with E-state index in [1.165, 1.54) is 6.26 Å². The third kappa shape index (κ3) is 4.30. The third-order valence-electron chi connectivity index (χ3n) is 6.60. The third-order valence-corrected chi connectivity index (χ3v) is 7.73. The maximum absolute atomic E-state index is 12.4. The molecule has 3 heterocycles. The van der Waals surface area contributed by atoms with Gasteiger partial charge in [-0.25, -0.2) is 18.4 Å². The van der Waals surface area contributed by atoms with Crippen LogP contribution in [0.2, 0.25) is 0 Å². The van der Waals surface area contributed by atoms with E-state index in [-0.39, 0.29) is 10.8 Å². The lowest BCUT2D eigenvalue weighted by molar-refractivity contribution is -0.120. The summed E-state index contributed by atoms with van der Waals surface area (Å²) in [6.07, 6.45) is 5.34. The number of hydrogen-bond acceptors (Lipinski definition) is 6. The number of carbonyl (C=O) groups is 1. The van der Waals surface area contributed by atoms with Gasteiger partial charge in [0.05, 0.1) is 10.3 Å². The minimum absolute atomic E-state index is 0.0133. The number of carbonyl (C=O) groups excluding carboxylic acids is 1. The lowest BCUT2D eigenvalue weighted by atomic mass is 9.81. The Kier molecular flexibility index (Phi) is 5.73. The highest BCUT2D eigenvalue weighted by atomic mass is 32.2. The highest BCUT2D eigenvalue weighted by Gasteiger charge is 2.40. The van der Waals surface area contributed by atoms with Gasteiger partial charge in [-0.3, -0.25) is 4.79 Å². The topological polar surface area (TPSA) is 101 Å². The molecule has 180 valence electrons. The van der Waals surface area contributed by atoms with Gasteiger partial charge in [-0.05, 0) is 73.4 Å². The number of sulfone groups is 1. The standard InChI is InChI=1S/C28H24N4O3S/c1-4-28(2)23-11-5-18(15-25(23)32-27(28)33)6-12-24-22-16-26(30-17-19(22)13-14-29-24)31-20-7-9-21(10-8-20)36(3,34)35/h5,7-11,13-17H,4H2,1-3H3,(H,30,31)(H,32,33)/t28-/m1/s1. The first-order chi connectivity index (χ1) is 17.2. The molecule has 8 heteroatoms. The highest BCUT2D eigenvalue weighted by molar-refractivity contribution is 7.90. The average Bonchev–Trinajstić information content (AvgIpc) is 3.12. The summed E-state index contributed by atoms with van der Waals surface area (Å²) in [5.74, 6) is 6.93. The maximum Gasteiger partial charge on any atom is 0.234 e. The molecule has 36 heavy (non-hydrogen) atoms. The Labute approximate surface area is 209 Å².